The van der Waals surface area contributed by atoms with Gasteiger partial charge in [-0.2, -0.15) is 5.10 Å². The Balaban J connectivity index is 1.48. The molecular weight excluding hydrogens is 364 g/mol. The zero-order valence-electron chi connectivity index (χ0n) is 17.0. The lowest BCUT2D eigenvalue weighted by Crippen LogP contribution is -2.20. The molecule has 0 saturated heterocycles. The van der Waals surface area contributed by atoms with Crippen molar-refractivity contribution < 1.29 is 4.79 Å². The molecule has 7 heteroatoms. The summed E-state index contributed by atoms with van der Waals surface area (Å²) < 4.78 is 4.20. The molecule has 0 atom stereocenters. The SMILES string of the molecule is Cc1cc(C(=O)Nc2ccnn2C2CCCCC2)c2nc3n(c2n1)CCCCC3. The van der Waals surface area contributed by atoms with Gasteiger partial charge in [-0.3, -0.25) is 4.79 Å². The van der Waals surface area contributed by atoms with Crippen LogP contribution in [0.4, 0.5) is 5.82 Å². The highest BCUT2D eigenvalue weighted by molar-refractivity contribution is 6.11. The number of hydrogen-bond donors (Lipinski definition) is 1. The van der Waals surface area contributed by atoms with Crippen LogP contribution in [0, 0.1) is 6.92 Å². The van der Waals surface area contributed by atoms with Gasteiger partial charge in [0.2, 0.25) is 0 Å². The van der Waals surface area contributed by atoms with Gasteiger partial charge in [-0.15, -0.1) is 0 Å². The molecule has 3 aromatic rings. The van der Waals surface area contributed by atoms with E-state index in [1.54, 1.807) is 6.20 Å². The van der Waals surface area contributed by atoms with E-state index >= 15 is 0 Å². The number of anilines is 1. The molecule has 0 aromatic carbocycles. The van der Waals surface area contributed by atoms with E-state index < -0.39 is 0 Å². The summed E-state index contributed by atoms with van der Waals surface area (Å²) in [6, 6.07) is 4.11. The van der Waals surface area contributed by atoms with Gasteiger partial charge in [0.25, 0.3) is 5.91 Å². The minimum atomic E-state index is -0.133. The van der Waals surface area contributed by atoms with E-state index in [1.807, 2.05) is 23.7 Å². The normalized spacial score (nSPS) is 17.8. The van der Waals surface area contributed by atoms with Crippen LogP contribution in [0.3, 0.4) is 0 Å². The second kappa shape index (κ2) is 7.61. The predicted octanol–water partition coefficient (Wildman–Crippen LogP) is 4.42. The summed E-state index contributed by atoms with van der Waals surface area (Å²) in [6.45, 7) is 2.87. The molecule has 4 heterocycles. The Hall–Kier alpha value is -2.70. The fourth-order valence-corrected chi connectivity index (χ4v) is 4.80. The summed E-state index contributed by atoms with van der Waals surface area (Å²) >= 11 is 0. The lowest BCUT2D eigenvalue weighted by Gasteiger charge is -2.23. The molecule has 0 unspecified atom stereocenters. The first-order chi connectivity index (χ1) is 14.2. The number of hydrogen-bond acceptors (Lipinski definition) is 4. The Morgan fingerprint density at radius 2 is 1.93 bits per heavy atom. The summed E-state index contributed by atoms with van der Waals surface area (Å²) in [5.41, 5.74) is 3.00. The highest BCUT2D eigenvalue weighted by atomic mass is 16.1. The van der Waals surface area contributed by atoms with Gasteiger partial charge < -0.3 is 9.88 Å². The van der Waals surface area contributed by atoms with Crippen molar-refractivity contribution in [2.24, 2.45) is 0 Å². The summed E-state index contributed by atoms with van der Waals surface area (Å²) in [5.74, 6) is 1.69. The second-order valence-corrected chi connectivity index (χ2v) is 8.38. The monoisotopic (exact) mass is 392 g/mol. The maximum Gasteiger partial charge on any atom is 0.259 e. The van der Waals surface area contributed by atoms with Gasteiger partial charge in [-0.25, -0.2) is 14.6 Å². The number of aromatic nitrogens is 5. The Bertz CT molecular complexity index is 1040. The Morgan fingerprint density at radius 1 is 1.10 bits per heavy atom. The standard InChI is InChI=1S/C22H28N6O/c1-15-14-17(20-21(24-15)27-13-7-3-6-10-18(27)25-20)22(29)26-19-11-12-23-28(19)16-8-4-2-5-9-16/h11-12,14,16H,2-10,13H2,1H3,(H,26,29). The highest BCUT2D eigenvalue weighted by Crippen LogP contribution is 2.30. The minimum absolute atomic E-state index is 0.133. The minimum Gasteiger partial charge on any atom is -0.313 e. The van der Waals surface area contributed by atoms with E-state index in [4.69, 9.17) is 9.97 Å². The maximum atomic E-state index is 13.3. The van der Waals surface area contributed by atoms with E-state index in [-0.39, 0.29) is 5.91 Å². The number of fused-ring (bicyclic) bond motifs is 3. The van der Waals surface area contributed by atoms with Gasteiger partial charge in [-0.1, -0.05) is 25.7 Å². The molecule has 29 heavy (non-hydrogen) atoms. The van der Waals surface area contributed by atoms with Crippen LogP contribution in [0.15, 0.2) is 18.3 Å². The van der Waals surface area contributed by atoms with Crippen molar-refractivity contribution in [3.05, 3.63) is 35.4 Å². The molecule has 0 bridgehead atoms. The molecule has 1 aliphatic heterocycles. The van der Waals surface area contributed by atoms with Gasteiger partial charge in [0.1, 0.15) is 17.2 Å². The highest BCUT2D eigenvalue weighted by Gasteiger charge is 2.23. The van der Waals surface area contributed by atoms with E-state index in [0.29, 0.717) is 17.1 Å². The van der Waals surface area contributed by atoms with Gasteiger partial charge in [0.05, 0.1) is 17.8 Å². The number of amides is 1. The summed E-state index contributed by atoms with van der Waals surface area (Å²) in [4.78, 5) is 22.8. The number of aryl methyl sites for hydroxylation is 3. The van der Waals surface area contributed by atoms with Crippen LogP contribution in [0.2, 0.25) is 0 Å². The topological polar surface area (TPSA) is 77.6 Å². The van der Waals surface area contributed by atoms with Gasteiger partial charge in [0.15, 0.2) is 5.65 Å². The van der Waals surface area contributed by atoms with Crippen molar-refractivity contribution >= 4 is 22.9 Å². The van der Waals surface area contributed by atoms with Crippen LogP contribution in [0.25, 0.3) is 11.2 Å². The summed E-state index contributed by atoms with van der Waals surface area (Å²) in [6.07, 6.45) is 12.2. The zero-order chi connectivity index (χ0) is 19.8. The Morgan fingerprint density at radius 3 is 2.79 bits per heavy atom. The molecule has 3 aromatic heterocycles. The molecule has 1 fully saturated rings. The maximum absolute atomic E-state index is 13.3. The number of nitrogens with one attached hydrogen (secondary N) is 1. The Labute approximate surface area is 170 Å². The molecule has 0 radical (unpaired) electrons. The third kappa shape index (κ3) is 3.43. The average Bonchev–Trinajstić information content (AvgIpc) is 3.25. The van der Waals surface area contributed by atoms with Gasteiger partial charge in [-0.05, 0) is 38.7 Å². The van der Waals surface area contributed by atoms with E-state index in [1.165, 1.54) is 25.7 Å². The molecule has 1 aliphatic carbocycles. The predicted molar refractivity (Wildman–Crippen MR) is 112 cm³/mol. The molecule has 1 amide bonds. The first kappa shape index (κ1) is 18.3. The van der Waals surface area contributed by atoms with Crippen molar-refractivity contribution in [2.45, 2.75) is 77.3 Å². The van der Waals surface area contributed by atoms with Crippen molar-refractivity contribution in [1.82, 2.24) is 24.3 Å². The molecule has 5 rings (SSSR count). The van der Waals surface area contributed by atoms with E-state index in [0.717, 1.165) is 61.6 Å². The smallest absolute Gasteiger partial charge is 0.259 e. The Kier molecular flexibility index (Phi) is 4.81. The van der Waals surface area contributed by atoms with Crippen LogP contribution in [-0.2, 0) is 13.0 Å². The van der Waals surface area contributed by atoms with Crippen molar-refractivity contribution in [3.63, 3.8) is 0 Å². The lowest BCUT2D eigenvalue weighted by atomic mass is 9.96. The van der Waals surface area contributed by atoms with Crippen LogP contribution < -0.4 is 5.32 Å². The molecule has 1 N–H and O–H groups in total. The average molecular weight is 393 g/mol. The van der Waals surface area contributed by atoms with Crippen LogP contribution in [0.5, 0.6) is 0 Å². The molecule has 0 spiro atoms. The fourth-order valence-electron chi connectivity index (χ4n) is 4.80. The second-order valence-electron chi connectivity index (χ2n) is 8.38. The quantitative estimate of drug-likeness (QED) is 0.716. The van der Waals surface area contributed by atoms with Crippen molar-refractivity contribution in [1.29, 1.82) is 0 Å². The molecule has 7 nitrogen and oxygen atoms in total. The number of pyridine rings is 1. The molecular formula is C22H28N6O. The number of rotatable bonds is 3. The lowest BCUT2D eigenvalue weighted by molar-refractivity contribution is 0.102. The first-order valence-electron chi connectivity index (χ1n) is 10.9. The van der Waals surface area contributed by atoms with Crippen LogP contribution in [-0.4, -0.2) is 30.2 Å². The molecule has 1 saturated carbocycles. The molecule has 152 valence electrons. The van der Waals surface area contributed by atoms with Crippen molar-refractivity contribution in [2.75, 3.05) is 5.32 Å². The summed E-state index contributed by atoms with van der Waals surface area (Å²) in [5, 5.41) is 7.60. The van der Waals surface area contributed by atoms with Gasteiger partial charge in [0, 0.05) is 24.7 Å². The molecule has 2 aliphatic rings. The van der Waals surface area contributed by atoms with Crippen LogP contribution >= 0.6 is 0 Å². The van der Waals surface area contributed by atoms with Gasteiger partial charge >= 0.3 is 0 Å². The zero-order valence-corrected chi connectivity index (χ0v) is 17.0. The largest absolute Gasteiger partial charge is 0.313 e. The first-order valence-corrected chi connectivity index (χ1v) is 10.9. The number of carbonyl (C=O) groups is 1. The third-order valence-electron chi connectivity index (χ3n) is 6.27. The van der Waals surface area contributed by atoms with E-state index in [9.17, 15) is 4.79 Å². The number of nitrogens with zero attached hydrogens (tertiary/aromatic N) is 5. The number of imidazole rings is 1. The van der Waals surface area contributed by atoms with E-state index in [2.05, 4.69) is 15.0 Å². The third-order valence-corrected chi connectivity index (χ3v) is 6.27. The number of carbonyl (C=O) groups excluding carboxylic acids is 1. The van der Waals surface area contributed by atoms with Crippen molar-refractivity contribution in [3.8, 4) is 0 Å². The van der Waals surface area contributed by atoms with Crippen LogP contribution in [0.1, 0.15) is 79.3 Å². The fraction of sp³-hybridized carbons (Fsp3) is 0.545. The summed E-state index contributed by atoms with van der Waals surface area (Å²) in [7, 11) is 0.